The van der Waals surface area contributed by atoms with Gasteiger partial charge < -0.3 is 4.74 Å². The Bertz CT molecular complexity index is 938. The third-order valence-corrected chi connectivity index (χ3v) is 5.34. The Balaban J connectivity index is 2.54. The first-order valence-electron chi connectivity index (χ1n) is 7.38. The van der Waals surface area contributed by atoms with Crippen molar-refractivity contribution >= 4 is 27.4 Å². The molecule has 136 valence electrons. The lowest BCUT2D eigenvalue weighted by molar-refractivity contribution is -0.387. The number of carbonyl (C=O) groups excluding carboxylic acids is 1. The van der Waals surface area contributed by atoms with Crippen molar-refractivity contribution in [1.82, 2.24) is 0 Å². The van der Waals surface area contributed by atoms with E-state index in [1.807, 2.05) is 0 Å². The molecule has 0 aliphatic heterocycles. The summed E-state index contributed by atoms with van der Waals surface area (Å²) in [5, 5.41) is 11.2. The molecule has 0 spiro atoms. The molecule has 0 fully saturated rings. The molecule has 0 unspecified atom stereocenters. The summed E-state index contributed by atoms with van der Waals surface area (Å²) >= 11 is 0. The second-order valence-corrected chi connectivity index (χ2v) is 6.92. The Kier molecular flexibility index (Phi) is 5.73. The van der Waals surface area contributed by atoms with E-state index >= 15 is 0 Å². The van der Waals surface area contributed by atoms with Crippen LogP contribution in [0.2, 0.25) is 0 Å². The van der Waals surface area contributed by atoms with Gasteiger partial charge in [-0.05, 0) is 30.3 Å². The second-order valence-electron chi connectivity index (χ2n) is 5.09. The second kappa shape index (κ2) is 7.79. The van der Waals surface area contributed by atoms with Crippen molar-refractivity contribution in [3.8, 4) is 0 Å². The highest BCUT2D eigenvalue weighted by atomic mass is 32.2. The van der Waals surface area contributed by atoms with Gasteiger partial charge in [-0.3, -0.25) is 14.4 Å². The van der Waals surface area contributed by atoms with E-state index in [0.29, 0.717) is 0 Å². The number of anilines is 1. The topological polar surface area (TPSA) is 107 Å². The SMILES string of the molecule is C=CCN(c1ccc(C(=O)OC)cc1)S(=O)(=O)c1ccccc1[N+](=O)[O-]. The van der Waals surface area contributed by atoms with E-state index in [9.17, 15) is 23.3 Å². The number of benzene rings is 2. The smallest absolute Gasteiger partial charge is 0.337 e. The number of nitrogens with zero attached hydrogens (tertiary/aromatic N) is 2. The summed E-state index contributed by atoms with van der Waals surface area (Å²) in [4.78, 5) is 21.5. The van der Waals surface area contributed by atoms with Gasteiger partial charge in [0, 0.05) is 6.07 Å². The molecular formula is C17H16N2O6S. The van der Waals surface area contributed by atoms with E-state index in [-0.39, 0.29) is 17.8 Å². The zero-order valence-corrected chi connectivity index (χ0v) is 14.7. The molecule has 8 nitrogen and oxygen atoms in total. The molecule has 0 saturated carbocycles. The van der Waals surface area contributed by atoms with Crippen LogP contribution in [0.5, 0.6) is 0 Å². The first-order chi connectivity index (χ1) is 12.3. The van der Waals surface area contributed by atoms with Crippen molar-refractivity contribution in [2.45, 2.75) is 4.90 Å². The van der Waals surface area contributed by atoms with E-state index in [2.05, 4.69) is 11.3 Å². The Morgan fingerprint density at radius 3 is 2.38 bits per heavy atom. The van der Waals surface area contributed by atoms with Gasteiger partial charge in [-0.15, -0.1) is 6.58 Å². The Morgan fingerprint density at radius 2 is 1.85 bits per heavy atom. The highest BCUT2D eigenvalue weighted by Crippen LogP contribution is 2.30. The van der Waals surface area contributed by atoms with Crippen LogP contribution in [0.1, 0.15) is 10.4 Å². The summed E-state index contributed by atoms with van der Waals surface area (Å²) in [6.07, 6.45) is 1.36. The minimum atomic E-state index is -4.23. The highest BCUT2D eigenvalue weighted by Gasteiger charge is 2.31. The number of esters is 1. The van der Waals surface area contributed by atoms with E-state index in [1.54, 1.807) is 0 Å². The molecular weight excluding hydrogens is 360 g/mol. The number of rotatable bonds is 7. The largest absolute Gasteiger partial charge is 0.465 e. The number of methoxy groups -OCH3 is 1. The fourth-order valence-corrected chi connectivity index (χ4v) is 3.88. The van der Waals surface area contributed by atoms with Crippen LogP contribution in [0.25, 0.3) is 0 Å². The van der Waals surface area contributed by atoms with Crippen LogP contribution in [0.4, 0.5) is 11.4 Å². The van der Waals surface area contributed by atoms with Crippen LogP contribution < -0.4 is 4.31 Å². The summed E-state index contributed by atoms with van der Waals surface area (Å²) in [5.74, 6) is -0.562. The lowest BCUT2D eigenvalue weighted by Crippen LogP contribution is -2.31. The summed E-state index contributed by atoms with van der Waals surface area (Å²) in [7, 11) is -2.99. The van der Waals surface area contributed by atoms with E-state index in [1.165, 1.54) is 55.7 Å². The fraction of sp³-hybridized carbons (Fsp3) is 0.118. The van der Waals surface area contributed by atoms with E-state index < -0.39 is 31.5 Å². The molecule has 2 rings (SSSR count). The average molecular weight is 376 g/mol. The van der Waals surface area contributed by atoms with Crippen molar-refractivity contribution in [1.29, 1.82) is 0 Å². The predicted molar refractivity (Wildman–Crippen MR) is 95.6 cm³/mol. The Morgan fingerprint density at radius 1 is 1.23 bits per heavy atom. The van der Waals surface area contributed by atoms with Crippen LogP contribution in [0.3, 0.4) is 0 Å². The molecule has 9 heteroatoms. The Hall–Kier alpha value is -3.20. The normalized spacial score (nSPS) is 10.8. The molecule has 2 aromatic carbocycles. The summed E-state index contributed by atoms with van der Waals surface area (Å²) in [6, 6.07) is 10.8. The molecule has 0 saturated heterocycles. The number of carbonyl (C=O) groups is 1. The number of nitro groups is 1. The number of hydrogen-bond acceptors (Lipinski definition) is 6. The number of para-hydroxylation sites is 1. The van der Waals surface area contributed by atoms with Gasteiger partial charge in [-0.25, -0.2) is 13.2 Å². The van der Waals surface area contributed by atoms with Crippen molar-refractivity contribution in [3.05, 3.63) is 76.9 Å². The number of ether oxygens (including phenoxy) is 1. The first-order valence-corrected chi connectivity index (χ1v) is 8.82. The maximum absolute atomic E-state index is 13.0. The van der Waals surface area contributed by atoms with Crippen LogP contribution in [-0.2, 0) is 14.8 Å². The average Bonchev–Trinajstić information content (AvgIpc) is 2.65. The van der Waals surface area contributed by atoms with E-state index in [4.69, 9.17) is 0 Å². The van der Waals surface area contributed by atoms with Gasteiger partial charge in [-0.2, -0.15) is 0 Å². The van der Waals surface area contributed by atoms with Gasteiger partial charge in [0.25, 0.3) is 15.7 Å². The maximum atomic E-state index is 13.0. The van der Waals surface area contributed by atoms with Crippen molar-refractivity contribution in [2.75, 3.05) is 18.0 Å². The minimum Gasteiger partial charge on any atom is -0.465 e. The highest BCUT2D eigenvalue weighted by molar-refractivity contribution is 7.93. The standard InChI is InChI=1S/C17H16N2O6S/c1-3-12-18(14-10-8-13(9-11-14)17(20)25-2)26(23,24)16-7-5-4-6-15(16)19(21)22/h3-11H,1,12H2,2H3. The molecule has 0 aliphatic carbocycles. The molecule has 26 heavy (non-hydrogen) atoms. The quantitative estimate of drug-likeness (QED) is 0.318. The molecule has 0 atom stereocenters. The van der Waals surface area contributed by atoms with Crippen LogP contribution in [-0.4, -0.2) is 33.0 Å². The van der Waals surface area contributed by atoms with Gasteiger partial charge >= 0.3 is 5.97 Å². The van der Waals surface area contributed by atoms with Gasteiger partial charge in [0.05, 0.1) is 29.8 Å². The number of nitro benzene ring substituents is 1. The lowest BCUT2D eigenvalue weighted by atomic mass is 10.2. The summed E-state index contributed by atoms with van der Waals surface area (Å²) < 4.78 is 31.6. The third-order valence-electron chi connectivity index (χ3n) is 3.50. The summed E-state index contributed by atoms with van der Waals surface area (Å²) in [5.41, 5.74) is -0.0404. The van der Waals surface area contributed by atoms with E-state index in [0.717, 1.165) is 10.4 Å². The van der Waals surface area contributed by atoms with Crippen molar-refractivity contribution < 1.29 is 22.9 Å². The zero-order valence-electron chi connectivity index (χ0n) is 13.9. The van der Waals surface area contributed by atoms with Crippen molar-refractivity contribution in [3.63, 3.8) is 0 Å². The fourth-order valence-electron chi connectivity index (χ4n) is 2.29. The third kappa shape index (κ3) is 3.72. The summed E-state index contributed by atoms with van der Waals surface area (Å²) in [6.45, 7) is 3.43. The molecule has 0 bridgehead atoms. The van der Waals surface area contributed by atoms with Crippen LogP contribution >= 0.6 is 0 Å². The van der Waals surface area contributed by atoms with Crippen LogP contribution in [0, 0.1) is 10.1 Å². The maximum Gasteiger partial charge on any atom is 0.337 e. The molecule has 0 N–H and O–H groups in total. The van der Waals surface area contributed by atoms with Crippen molar-refractivity contribution in [2.24, 2.45) is 0 Å². The molecule has 0 amide bonds. The van der Waals surface area contributed by atoms with Gasteiger partial charge in [0.2, 0.25) is 0 Å². The minimum absolute atomic E-state index is 0.105. The molecule has 0 heterocycles. The number of hydrogen-bond donors (Lipinski definition) is 0. The van der Waals surface area contributed by atoms with Crippen LogP contribution in [0.15, 0.2) is 66.1 Å². The zero-order chi connectivity index (χ0) is 19.3. The Labute approximate surface area is 150 Å². The molecule has 0 aromatic heterocycles. The van der Waals surface area contributed by atoms with Gasteiger partial charge in [0.15, 0.2) is 4.90 Å². The molecule has 0 radical (unpaired) electrons. The first kappa shape index (κ1) is 19.1. The molecule has 2 aromatic rings. The molecule has 0 aliphatic rings. The monoisotopic (exact) mass is 376 g/mol. The van der Waals surface area contributed by atoms with Gasteiger partial charge in [-0.1, -0.05) is 18.2 Å². The van der Waals surface area contributed by atoms with Gasteiger partial charge in [0.1, 0.15) is 0 Å². The lowest BCUT2D eigenvalue weighted by Gasteiger charge is -2.23. The predicted octanol–water partition coefficient (Wildman–Crippen LogP) is 2.76. The number of sulfonamides is 1.